The van der Waals surface area contributed by atoms with Gasteiger partial charge in [0, 0.05) is 5.75 Å². The second kappa shape index (κ2) is 9.21. The van der Waals surface area contributed by atoms with Crippen LogP contribution in [0, 0.1) is 20.8 Å². The van der Waals surface area contributed by atoms with E-state index in [4.69, 9.17) is 4.74 Å². The molecule has 0 bridgehead atoms. The molecule has 0 saturated heterocycles. The molecule has 5 nitrogen and oxygen atoms in total. The third-order valence-corrected chi connectivity index (χ3v) is 6.15. The second-order valence-electron chi connectivity index (χ2n) is 6.66. The zero-order valence-electron chi connectivity index (χ0n) is 16.4. The van der Waals surface area contributed by atoms with Gasteiger partial charge < -0.3 is 4.74 Å². The number of amides is 1. The molecule has 7 heteroatoms. The van der Waals surface area contributed by atoms with E-state index in [2.05, 4.69) is 40.6 Å². The highest BCUT2D eigenvalue weighted by Crippen LogP contribution is 2.29. The first-order chi connectivity index (χ1) is 13.4. The van der Waals surface area contributed by atoms with Gasteiger partial charge in [-0.2, -0.15) is 0 Å². The smallest absolute Gasteiger partial charge is 0.266 e. The number of benzene rings is 2. The van der Waals surface area contributed by atoms with Crippen molar-refractivity contribution in [3.05, 3.63) is 64.7 Å². The average Bonchev–Trinajstić information content (AvgIpc) is 3.07. The molecule has 3 rings (SSSR count). The fraction of sp³-hybridized carbons (Fsp3) is 0.286. The van der Waals surface area contributed by atoms with Gasteiger partial charge in [-0.25, -0.2) is 0 Å². The highest BCUT2D eigenvalue weighted by Gasteiger charge is 2.17. The normalized spacial score (nSPS) is 11.9. The molecule has 0 spiro atoms. The van der Waals surface area contributed by atoms with Gasteiger partial charge in [0.05, 0.1) is 0 Å². The Morgan fingerprint density at radius 1 is 1.14 bits per heavy atom. The van der Waals surface area contributed by atoms with Crippen LogP contribution in [0.25, 0.3) is 0 Å². The van der Waals surface area contributed by atoms with Crippen molar-refractivity contribution in [2.24, 2.45) is 0 Å². The van der Waals surface area contributed by atoms with Gasteiger partial charge in [-0.1, -0.05) is 53.4 Å². The molecule has 3 aromatic rings. The number of nitrogens with one attached hydrogen (secondary N) is 1. The van der Waals surface area contributed by atoms with Gasteiger partial charge in [0.25, 0.3) is 5.91 Å². The number of anilines is 1. The Morgan fingerprint density at radius 2 is 1.86 bits per heavy atom. The molecular weight excluding hydrogens is 390 g/mol. The maximum absolute atomic E-state index is 12.4. The van der Waals surface area contributed by atoms with E-state index in [0.29, 0.717) is 10.9 Å². The van der Waals surface area contributed by atoms with Crippen LogP contribution in [0.3, 0.4) is 0 Å². The van der Waals surface area contributed by atoms with Gasteiger partial charge in [-0.15, -0.1) is 10.2 Å². The molecule has 1 aromatic heterocycles. The highest BCUT2D eigenvalue weighted by atomic mass is 32.2. The number of rotatable bonds is 7. The van der Waals surface area contributed by atoms with Gasteiger partial charge in [-0.3, -0.25) is 10.1 Å². The predicted octanol–water partition coefficient (Wildman–Crippen LogP) is 5.16. The van der Waals surface area contributed by atoms with Crippen molar-refractivity contribution in [2.75, 3.05) is 5.32 Å². The van der Waals surface area contributed by atoms with Gasteiger partial charge in [0.15, 0.2) is 10.4 Å². The monoisotopic (exact) mass is 413 g/mol. The minimum Gasteiger partial charge on any atom is -0.481 e. The van der Waals surface area contributed by atoms with Crippen molar-refractivity contribution < 1.29 is 9.53 Å². The van der Waals surface area contributed by atoms with E-state index in [1.807, 2.05) is 38.1 Å². The summed E-state index contributed by atoms with van der Waals surface area (Å²) in [7, 11) is 0. The van der Waals surface area contributed by atoms with Crippen molar-refractivity contribution in [2.45, 2.75) is 43.9 Å². The van der Waals surface area contributed by atoms with Crippen LogP contribution >= 0.6 is 23.1 Å². The molecule has 1 N–H and O–H groups in total. The van der Waals surface area contributed by atoms with Crippen molar-refractivity contribution in [3.8, 4) is 5.75 Å². The van der Waals surface area contributed by atoms with Crippen molar-refractivity contribution >= 4 is 34.1 Å². The molecule has 0 saturated carbocycles. The van der Waals surface area contributed by atoms with E-state index >= 15 is 0 Å². The SMILES string of the molecule is Cc1cc(C)cc(OC(C)C(=O)Nc2nnc(SCc3ccccc3C)s2)c1. The molecule has 146 valence electrons. The molecule has 0 aliphatic rings. The molecule has 1 heterocycles. The van der Waals surface area contributed by atoms with E-state index in [1.165, 1.54) is 22.5 Å². The van der Waals surface area contributed by atoms with Crippen LogP contribution < -0.4 is 10.1 Å². The molecule has 0 aliphatic heterocycles. The summed E-state index contributed by atoms with van der Waals surface area (Å²) in [6, 6.07) is 14.2. The summed E-state index contributed by atoms with van der Waals surface area (Å²) in [4.78, 5) is 12.4. The molecule has 2 aromatic carbocycles. The first-order valence-electron chi connectivity index (χ1n) is 8.97. The molecule has 28 heavy (non-hydrogen) atoms. The number of aryl methyl sites for hydroxylation is 3. The van der Waals surface area contributed by atoms with Crippen LogP contribution in [0.4, 0.5) is 5.13 Å². The van der Waals surface area contributed by atoms with E-state index in [0.717, 1.165) is 21.2 Å². The molecule has 1 unspecified atom stereocenters. The lowest BCUT2D eigenvalue weighted by molar-refractivity contribution is -0.122. The number of carbonyl (C=O) groups excluding carboxylic acids is 1. The number of aromatic nitrogens is 2. The van der Waals surface area contributed by atoms with Crippen LogP contribution in [-0.2, 0) is 10.5 Å². The van der Waals surface area contributed by atoms with Crippen LogP contribution in [0.2, 0.25) is 0 Å². The number of nitrogens with zero attached hydrogens (tertiary/aromatic N) is 2. The standard InChI is InChI=1S/C21H23N3O2S2/c1-13-9-14(2)11-18(10-13)26-16(4)19(25)22-20-23-24-21(28-20)27-12-17-8-6-5-7-15(17)3/h5-11,16H,12H2,1-4H3,(H,22,23,25). The Labute approximate surface area is 173 Å². The van der Waals surface area contributed by atoms with Crippen molar-refractivity contribution in [3.63, 3.8) is 0 Å². The quantitative estimate of drug-likeness (QED) is 0.428. The van der Waals surface area contributed by atoms with E-state index < -0.39 is 6.10 Å². The summed E-state index contributed by atoms with van der Waals surface area (Å²) < 4.78 is 6.60. The Balaban J connectivity index is 1.55. The first kappa shape index (κ1) is 20.4. The largest absolute Gasteiger partial charge is 0.481 e. The van der Waals surface area contributed by atoms with E-state index in [-0.39, 0.29) is 5.91 Å². The number of ether oxygens (including phenoxy) is 1. The second-order valence-corrected chi connectivity index (χ2v) is 8.86. The zero-order valence-corrected chi connectivity index (χ0v) is 18.0. The maximum atomic E-state index is 12.4. The molecule has 0 fully saturated rings. The highest BCUT2D eigenvalue weighted by molar-refractivity contribution is 8.00. The van der Waals surface area contributed by atoms with Crippen molar-refractivity contribution in [1.82, 2.24) is 10.2 Å². The third-order valence-electron chi connectivity index (χ3n) is 4.13. The fourth-order valence-electron chi connectivity index (χ4n) is 2.70. The lowest BCUT2D eigenvalue weighted by atomic mass is 10.1. The lowest BCUT2D eigenvalue weighted by Gasteiger charge is -2.14. The van der Waals surface area contributed by atoms with Crippen molar-refractivity contribution in [1.29, 1.82) is 0 Å². The Morgan fingerprint density at radius 3 is 2.57 bits per heavy atom. The molecular formula is C21H23N3O2S2. The van der Waals surface area contributed by atoms with E-state index in [9.17, 15) is 4.79 Å². The molecule has 0 radical (unpaired) electrons. The summed E-state index contributed by atoms with van der Waals surface area (Å²) >= 11 is 2.98. The van der Waals surface area contributed by atoms with Crippen LogP contribution in [0.5, 0.6) is 5.75 Å². The summed E-state index contributed by atoms with van der Waals surface area (Å²) in [5.74, 6) is 1.26. The molecule has 1 atom stereocenters. The minimum atomic E-state index is -0.631. The summed E-state index contributed by atoms with van der Waals surface area (Å²) in [6.07, 6.45) is -0.631. The lowest BCUT2D eigenvalue weighted by Crippen LogP contribution is -2.30. The minimum absolute atomic E-state index is 0.245. The van der Waals surface area contributed by atoms with E-state index in [1.54, 1.807) is 18.7 Å². The maximum Gasteiger partial charge on any atom is 0.266 e. The van der Waals surface area contributed by atoms with Gasteiger partial charge in [-0.05, 0) is 62.1 Å². The Kier molecular flexibility index (Phi) is 6.70. The summed E-state index contributed by atoms with van der Waals surface area (Å²) in [5, 5.41) is 11.5. The fourth-order valence-corrected chi connectivity index (χ4v) is 4.53. The van der Waals surface area contributed by atoms with Gasteiger partial charge >= 0.3 is 0 Å². The zero-order chi connectivity index (χ0) is 20.1. The van der Waals surface area contributed by atoms with Gasteiger partial charge in [0.1, 0.15) is 5.75 Å². The number of carbonyl (C=O) groups is 1. The van der Waals surface area contributed by atoms with Crippen LogP contribution in [0.15, 0.2) is 46.8 Å². The number of hydrogen-bond donors (Lipinski definition) is 1. The average molecular weight is 414 g/mol. The summed E-state index contributed by atoms with van der Waals surface area (Å²) in [5.41, 5.74) is 4.72. The number of hydrogen-bond acceptors (Lipinski definition) is 6. The van der Waals surface area contributed by atoms with Gasteiger partial charge in [0.2, 0.25) is 5.13 Å². The van der Waals surface area contributed by atoms with Crippen LogP contribution in [-0.4, -0.2) is 22.2 Å². The third kappa shape index (κ3) is 5.56. The number of thioether (sulfide) groups is 1. The Hall–Kier alpha value is -2.38. The first-order valence-corrected chi connectivity index (χ1v) is 10.8. The predicted molar refractivity (Wildman–Crippen MR) is 115 cm³/mol. The molecule has 1 amide bonds. The summed E-state index contributed by atoms with van der Waals surface area (Å²) in [6.45, 7) is 7.82. The molecule has 0 aliphatic carbocycles. The topological polar surface area (TPSA) is 64.1 Å². The Bertz CT molecular complexity index is 952. The van der Waals surface area contributed by atoms with Crippen LogP contribution in [0.1, 0.15) is 29.2 Å².